The third kappa shape index (κ3) is 11.5. The molecule has 12 nitrogen and oxygen atoms in total. The number of methoxy groups -OCH3 is 1. The number of likely N-dealkylation sites (N-methyl/N-ethyl adjacent to an activating group) is 2. The maximum absolute atomic E-state index is 14.1. The van der Waals surface area contributed by atoms with E-state index in [-0.39, 0.29) is 71.2 Å². The molecule has 1 fully saturated rings. The van der Waals surface area contributed by atoms with Gasteiger partial charge in [-0.1, -0.05) is 48.0 Å². The smallest absolute Gasteiger partial charge is 0.245 e. The zero-order valence-corrected chi connectivity index (χ0v) is 32.1. The molecule has 0 spiro atoms. The van der Waals surface area contributed by atoms with Crippen molar-refractivity contribution in [3.8, 4) is 0 Å². The lowest BCUT2D eigenvalue weighted by molar-refractivity contribution is -0.146. The third-order valence-electron chi connectivity index (χ3n) is 9.78. The van der Waals surface area contributed by atoms with Crippen molar-refractivity contribution in [2.45, 2.75) is 116 Å². The second-order valence-corrected chi connectivity index (χ2v) is 15.2. The van der Waals surface area contributed by atoms with Crippen LogP contribution < -0.4 is 10.6 Å². The summed E-state index contributed by atoms with van der Waals surface area (Å²) in [6.07, 6.45) is 8.43. The van der Waals surface area contributed by atoms with Crippen LogP contribution in [0.1, 0.15) is 79.3 Å². The molecule has 0 bridgehead atoms. The number of hydrogen-bond donors (Lipinski definition) is 3. The Hall–Kier alpha value is -2.64. The van der Waals surface area contributed by atoms with Gasteiger partial charge < -0.3 is 30.2 Å². The van der Waals surface area contributed by atoms with Crippen LogP contribution in [0.25, 0.3) is 0 Å². The maximum atomic E-state index is 14.1. The second-order valence-electron chi connectivity index (χ2n) is 14.1. The van der Waals surface area contributed by atoms with E-state index in [1.807, 2.05) is 57.8 Å². The summed E-state index contributed by atoms with van der Waals surface area (Å²) >= 11 is 1.62. The number of likely N-dealkylation sites (tertiary alicyclic amines) is 1. The minimum atomic E-state index is -0.723. The van der Waals surface area contributed by atoms with Crippen LogP contribution in [0.2, 0.25) is 0 Å². The SMILES string of the molecule is CCC(C)C(C(CC(=O)N1CCCC1C(CC(=O)NCCc1cnc[nH]1)SC)OC)N(C)C(=O)C(NC(=O)C(C(C)C)N(C)C)C(C)C. The topological polar surface area (TPSA) is 140 Å². The number of carbonyl (C=O) groups excluding carboxylic acids is 4. The molecular formula is C35H63N7O5S. The average molecular weight is 694 g/mol. The molecule has 4 amide bonds. The van der Waals surface area contributed by atoms with Gasteiger partial charge in [-0.25, -0.2) is 4.98 Å². The molecule has 48 heavy (non-hydrogen) atoms. The maximum Gasteiger partial charge on any atom is 0.245 e. The first kappa shape index (κ1) is 41.5. The summed E-state index contributed by atoms with van der Waals surface area (Å²) in [6, 6.07) is -1.54. The van der Waals surface area contributed by atoms with E-state index in [0.717, 1.165) is 25.0 Å². The molecule has 0 saturated carbocycles. The summed E-state index contributed by atoms with van der Waals surface area (Å²) in [7, 11) is 7.09. The predicted octanol–water partition coefficient (Wildman–Crippen LogP) is 3.19. The van der Waals surface area contributed by atoms with Crippen LogP contribution >= 0.6 is 11.8 Å². The lowest BCUT2D eigenvalue weighted by Gasteiger charge is -2.41. The minimum absolute atomic E-state index is 0.0306. The van der Waals surface area contributed by atoms with E-state index in [1.165, 1.54) is 0 Å². The Kier molecular flexibility index (Phi) is 17.4. The number of imidazole rings is 1. The summed E-state index contributed by atoms with van der Waals surface area (Å²) in [6.45, 7) is 13.1. The highest BCUT2D eigenvalue weighted by Gasteiger charge is 2.41. The van der Waals surface area contributed by atoms with Crippen LogP contribution in [-0.4, -0.2) is 131 Å². The quantitative estimate of drug-likeness (QED) is 0.189. The Labute approximate surface area is 293 Å². The zero-order valence-electron chi connectivity index (χ0n) is 31.2. The van der Waals surface area contributed by atoms with Crippen molar-refractivity contribution in [3.63, 3.8) is 0 Å². The minimum Gasteiger partial charge on any atom is -0.379 e. The van der Waals surface area contributed by atoms with Crippen LogP contribution in [0.3, 0.4) is 0 Å². The van der Waals surface area contributed by atoms with Crippen LogP contribution in [0, 0.1) is 17.8 Å². The van der Waals surface area contributed by atoms with E-state index in [0.29, 0.717) is 25.9 Å². The summed E-state index contributed by atoms with van der Waals surface area (Å²) in [4.78, 5) is 66.9. The van der Waals surface area contributed by atoms with Gasteiger partial charge in [0, 0.05) is 63.3 Å². The normalized spacial score (nSPS) is 18.8. The number of amides is 4. The molecule has 7 atom stereocenters. The molecule has 1 aliphatic heterocycles. The van der Waals surface area contributed by atoms with E-state index in [1.54, 1.807) is 43.3 Å². The van der Waals surface area contributed by atoms with Crippen molar-refractivity contribution in [2.75, 3.05) is 47.6 Å². The Morgan fingerprint density at radius 1 is 1.10 bits per heavy atom. The van der Waals surface area contributed by atoms with Gasteiger partial charge in [-0.15, -0.1) is 0 Å². The van der Waals surface area contributed by atoms with Crippen molar-refractivity contribution >= 4 is 35.4 Å². The Bertz CT molecular complexity index is 1140. The number of ether oxygens (including phenoxy) is 1. The number of nitrogens with zero attached hydrogens (tertiary/aromatic N) is 4. The summed E-state index contributed by atoms with van der Waals surface area (Å²) in [5, 5.41) is 6.02. The molecule has 1 aliphatic rings. The second kappa shape index (κ2) is 20.1. The monoisotopic (exact) mass is 693 g/mol. The number of H-pyrrole nitrogens is 1. The molecule has 0 aliphatic carbocycles. The van der Waals surface area contributed by atoms with Crippen LogP contribution in [-0.2, 0) is 30.3 Å². The standard InChI is InChI=1S/C35H63N7O5S/c1-12-24(6)33(41(9)35(46)31(22(2)3)39-34(45)32(23(4)5)40(7)8)27(47-10)18-30(44)42-17-13-14-26(42)28(48-11)19-29(43)37-16-15-25-20-36-21-38-25/h20-24,26-28,31-33H,12-19H2,1-11H3,(H,36,38)(H,37,43)(H,39,45). The molecule has 0 radical (unpaired) electrons. The van der Waals surface area contributed by atoms with Gasteiger partial charge in [0.25, 0.3) is 0 Å². The van der Waals surface area contributed by atoms with Crippen LogP contribution in [0.15, 0.2) is 12.5 Å². The van der Waals surface area contributed by atoms with E-state index in [2.05, 4.69) is 34.4 Å². The number of thioether (sulfide) groups is 1. The lowest BCUT2D eigenvalue weighted by Crippen LogP contribution is -2.59. The number of rotatable bonds is 20. The number of nitrogens with one attached hydrogen (secondary N) is 3. The molecule has 3 N–H and O–H groups in total. The molecule has 1 saturated heterocycles. The van der Waals surface area contributed by atoms with Gasteiger partial charge in [0.15, 0.2) is 0 Å². The number of aromatic nitrogens is 2. The van der Waals surface area contributed by atoms with Crippen LogP contribution in [0.5, 0.6) is 0 Å². The van der Waals surface area contributed by atoms with Crippen molar-refractivity contribution in [2.24, 2.45) is 17.8 Å². The Morgan fingerprint density at radius 3 is 2.31 bits per heavy atom. The first-order valence-corrected chi connectivity index (χ1v) is 18.8. The number of carbonyl (C=O) groups is 4. The van der Waals surface area contributed by atoms with Gasteiger partial charge in [-0.05, 0) is 50.9 Å². The molecule has 1 aromatic rings. The Balaban J connectivity index is 2.17. The fourth-order valence-corrected chi connectivity index (χ4v) is 7.92. The molecule has 7 unspecified atom stereocenters. The lowest BCUT2D eigenvalue weighted by atomic mass is 9.89. The average Bonchev–Trinajstić information content (AvgIpc) is 3.74. The summed E-state index contributed by atoms with van der Waals surface area (Å²) in [5.41, 5.74) is 0.966. The van der Waals surface area contributed by atoms with Crippen molar-refractivity contribution in [3.05, 3.63) is 18.2 Å². The molecule has 2 rings (SSSR count). The van der Waals surface area contributed by atoms with Gasteiger partial charge in [0.05, 0.1) is 30.9 Å². The molecule has 2 heterocycles. The molecule has 0 aromatic carbocycles. The fourth-order valence-electron chi connectivity index (χ4n) is 7.00. The third-order valence-corrected chi connectivity index (χ3v) is 10.9. The van der Waals surface area contributed by atoms with Crippen molar-refractivity contribution in [1.82, 2.24) is 35.3 Å². The Morgan fingerprint density at radius 2 is 1.79 bits per heavy atom. The molecule has 13 heteroatoms. The summed E-state index contributed by atoms with van der Waals surface area (Å²) in [5.74, 6) is -0.476. The largest absolute Gasteiger partial charge is 0.379 e. The molecule has 1 aromatic heterocycles. The first-order chi connectivity index (χ1) is 22.7. The van der Waals surface area contributed by atoms with Gasteiger partial charge in [-0.3, -0.25) is 24.1 Å². The number of hydrogen-bond acceptors (Lipinski definition) is 8. The van der Waals surface area contributed by atoms with E-state index >= 15 is 0 Å². The number of aromatic amines is 1. The highest BCUT2D eigenvalue weighted by molar-refractivity contribution is 7.99. The van der Waals surface area contributed by atoms with Crippen molar-refractivity contribution < 1.29 is 23.9 Å². The zero-order chi connectivity index (χ0) is 36.1. The molecule has 274 valence electrons. The van der Waals surface area contributed by atoms with E-state index in [9.17, 15) is 19.2 Å². The van der Waals surface area contributed by atoms with Gasteiger partial charge in [0.1, 0.15) is 6.04 Å². The highest BCUT2D eigenvalue weighted by Crippen LogP contribution is 2.31. The van der Waals surface area contributed by atoms with Gasteiger partial charge in [-0.2, -0.15) is 11.8 Å². The van der Waals surface area contributed by atoms with Gasteiger partial charge in [0.2, 0.25) is 23.6 Å². The summed E-state index contributed by atoms with van der Waals surface area (Å²) < 4.78 is 6.01. The van der Waals surface area contributed by atoms with Gasteiger partial charge >= 0.3 is 0 Å². The first-order valence-electron chi connectivity index (χ1n) is 17.5. The van der Waals surface area contributed by atoms with E-state index in [4.69, 9.17) is 4.74 Å². The van der Waals surface area contributed by atoms with E-state index < -0.39 is 12.1 Å². The predicted molar refractivity (Wildman–Crippen MR) is 192 cm³/mol. The highest BCUT2D eigenvalue weighted by atomic mass is 32.2. The molecular weight excluding hydrogens is 630 g/mol. The van der Waals surface area contributed by atoms with Crippen molar-refractivity contribution in [1.29, 1.82) is 0 Å². The fraction of sp³-hybridized carbons (Fsp3) is 0.800. The van der Waals surface area contributed by atoms with Crippen LogP contribution in [0.4, 0.5) is 0 Å².